The Hall–Kier alpha value is -2.75. The number of rotatable bonds is 10. The van der Waals surface area contributed by atoms with E-state index >= 15 is 0 Å². The summed E-state index contributed by atoms with van der Waals surface area (Å²) < 4.78 is 0. The van der Waals surface area contributed by atoms with Crippen molar-refractivity contribution >= 4 is 17.3 Å². The van der Waals surface area contributed by atoms with Gasteiger partial charge >= 0.3 is 0 Å². The zero-order valence-electron chi connectivity index (χ0n) is 15.7. The molecule has 0 aliphatic carbocycles. The number of amides is 1. The molecule has 26 heavy (non-hydrogen) atoms. The number of anilines is 1. The van der Waals surface area contributed by atoms with Gasteiger partial charge in [0.2, 0.25) is 0 Å². The lowest BCUT2D eigenvalue weighted by molar-refractivity contribution is -0.120. The summed E-state index contributed by atoms with van der Waals surface area (Å²) >= 11 is 0. The molecule has 0 atom stereocenters. The van der Waals surface area contributed by atoms with Gasteiger partial charge < -0.3 is 5.32 Å². The standard InChI is InChI=1S/C22H29N3O/c1-3-4-5-9-15-21(19-12-7-6-8-13-19)24-25-22(26)17-23-20-14-10-11-18(2)16-20/h6-8,10-16,23-24H,3-5,9,17H2,1-2H3,(H,25,26). The molecule has 2 aromatic carbocycles. The molecule has 0 aromatic heterocycles. The Kier molecular flexibility index (Phi) is 8.27. The van der Waals surface area contributed by atoms with Crippen molar-refractivity contribution in [2.45, 2.75) is 39.5 Å². The Labute approximate surface area is 156 Å². The number of hydrogen-bond donors (Lipinski definition) is 3. The molecule has 3 N–H and O–H groups in total. The molecule has 0 bridgehead atoms. The second kappa shape index (κ2) is 11.0. The number of aryl methyl sites for hydroxylation is 1. The number of hydrogen-bond acceptors (Lipinski definition) is 3. The molecule has 0 heterocycles. The first-order valence-corrected chi connectivity index (χ1v) is 9.30. The molecule has 4 heteroatoms. The van der Waals surface area contributed by atoms with Crippen LogP contribution in [0.1, 0.15) is 43.7 Å². The Bertz CT molecular complexity index is 710. The van der Waals surface area contributed by atoms with Crippen molar-refractivity contribution in [1.29, 1.82) is 0 Å². The summed E-state index contributed by atoms with van der Waals surface area (Å²) in [6, 6.07) is 18.0. The van der Waals surface area contributed by atoms with E-state index in [4.69, 9.17) is 0 Å². The molecule has 2 rings (SSSR count). The molecule has 0 saturated carbocycles. The van der Waals surface area contributed by atoms with Crippen molar-refractivity contribution in [1.82, 2.24) is 10.9 Å². The van der Waals surface area contributed by atoms with Gasteiger partial charge in [0.25, 0.3) is 5.91 Å². The van der Waals surface area contributed by atoms with Gasteiger partial charge in [-0.15, -0.1) is 0 Å². The van der Waals surface area contributed by atoms with E-state index in [2.05, 4.69) is 29.2 Å². The lowest BCUT2D eigenvalue weighted by Gasteiger charge is -2.14. The topological polar surface area (TPSA) is 53.2 Å². The van der Waals surface area contributed by atoms with Crippen LogP contribution in [0.25, 0.3) is 5.70 Å². The van der Waals surface area contributed by atoms with Crippen molar-refractivity contribution < 1.29 is 4.79 Å². The van der Waals surface area contributed by atoms with Crippen LogP contribution in [0.4, 0.5) is 5.69 Å². The maximum Gasteiger partial charge on any atom is 0.257 e. The zero-order chi connectivity index (χ0) is 18.6. The van der Waals surface area contributed by atoms with Crippen LogP contribution >= 0.6 is 0 Å². The van der Waals surface area contributed by atoms with Crippen molar-refractivity contribution in [3.8, 4) is 0 Å². The number of carbonyl (C=O) groups excluding carboxylic acids is 1. The van der Waals surface area contributed by atoms with Gasteiger partial charge in [-0.05, 0) is 43.0 Å². The number of benzene rings is 2. The highest BCUT2D eigenvalue weighted by Crippen LogP contribution is 2.13. The first-order valence-electron chi connectivity index (χ1n) is 9.30. The number of unbranched alkanes of at least 4 members (excludes halogenated alkanes) is 3. The number of allylic oxidation sites excluding steroid dienone is 1. The molecule has 0 unspecified atom stereocenters. The van der Waals surface area contributed by atoms with E-state index in [1.165, 1.54) is 12.8 Å². The summed E-state index contributed by atoms with van der Waals surface area (Å²) in [4.78, 5) is 12.2. The van der Waals surface area contributed by atoms with Crippen LogP contribution in [-0.4, -0.2) is 12.5 Å². The molecule has 0 saturated heterocycles. The fourth-order valence-electron chi connectivity index (χ4n) is 2.62. The molecule has 1 amide bonds. The summed E-state index contributed by atoms with van der Waals surface area (Å²) in [5, 5.41) is 3.14. The minimum absolute atomic E-state index is 0.109. The molecule has 0 aliphatic heterocycles. The molecule has 0 fully saturated rings. The predicted octanol–water partition coefficient (Wildman–Crippen LogP) is 4.65. The largest absolute Gasteiger partial charge is 0.376 e. The van der Waals surface area contributed by atoms with Crippen LogP contribution in [0, 0.1) is 6.92 Å². The molecule has 0 radical (unpaired) electrons. The highest BCUT2D eigenvalue weighted by molar-refractivity contribution is 5.81. The fourth-order valence-corrected chi connectivity index (χ4v) is 2.62. The molecular formula is C22H29N3O. The van der Waals surface area contributed by atoms with Crippen LogP contribution in [0.15, 0.2) is 60.7 Å². The molecule has 0 spiro atoms. The Morgan fingerprint density at radius 3 is 2.54 bits per heavy atom. The van der Waals surface area contributed by atoms with E-state index in [0.29, 0.717) is 0 Å². The van der Waals surface area contributed by atoms with E-state index in [9.17, 15) is 4.79 Å². The van der Waals surface area contributed by atoms with Crippen molar-refractivity contribution in [3.05, 3.63) is 71.8 Å². The molecule has 2 aromatic rings. The molecule has 0 aliphatic rings. The first-order chi connectivity index (χ1) is 12.7. The third-order valence-electron chi connectivity index (χ3n) is 4.05. The van der Waals surface area contributed by atoms with E-state index in [-0.39, 0.29) is 12.5 Å². The second-order valence-corrected chi connectivity index (χ2v) is 6.38. The van der Waals surface area contributed by atoms with Crippen LogP contribution in [0.3, 0.4) is 0 Å². The second-order valence-electron chi connectivity index (χ2n) is 6.38. The smallest absolute Gasteiger partial charge is 0.257 e. The molecule has 138 valence electrons. The number of carbonyl (C=O) groups is 1. The maximum absolute atomic E-state index is 12.2. The van der Waals surface area contributed by atoms with Gasteiger partial charge in [0, 0.05) is 5.69 Å². The van der Waals surface area contributed by atoms with Gasteiger partial charge in [-0.3, -0.25) is 15.6 Å². The summed E-state index contributed by atoms with van der Waals surface area (Å²) in [5.74, 6) is -0.109. The Morgan fingerprint density at radius 2 is 1.81 bits per heavy atom. The minimum atomic E-state index is -0.109. The first kappa shape index (κ1) is 19.6. The van der Waals surface area contributed by atoms with Gasteiger partial charge in [0.05, 0.1) is 12.2 Å². The van der Waals surface area contributed by atoms with Gasteiger partial charge in [-0.1, -0.05) is 68.3 Å². The van der Waals surface area contributed by atoms with Crippen LogP contribution in [0.5, 0.6) is 0 Å². The van der Waals surface area contributed by atoms with Gasteiger partial charge in [-0.25, -0.2) is 0 Å². The number of hydrazine groups is 1. The van der Waals surface area contributed by atoms with Crippen LogP contribution < -0.4 is 16.2 Å². The number of nitrogens with one attached hydrogen (secondary N) is 3. The maximum atomic E-state index is 12.2. The Morgan fingerprint density at radius 1 is 1.00 bits per heavy atom. The zero-order valence-corrected chi connectivity index (χ0v) is 15.7. The van der Waals surface area contributed by atoms with E-state index in [1.807, 2.05) is 61.5 Å². The molecule has 4 nitrogen and oxygen atoms in total. The third-order valence-corrected chi connectivity index (χ3v) is 4.05. The van der Waals surface area contributed by atoms with Crippen LogP contribution in [0.2, 0.25) is 0 Å². The average molecular weight is 351 g/mol. The highest BCUT2D eigenvalue weighted by atomic mass is 16.2. The monoisotopic (exact) mass is 351 g/mol. The predicted molar refractivity (Wildman–Crippen MR) is 110 cm³/mol. The van der Waals surface area contributed by atoms with Crippen molar-refractivity contribution in [2.24, 2.45) is 0 Å². The Balaban J connectivity index is 1.88. The van der Waals surface area contributed by atoms with E-state index < -0.39 is 0 Å². The lowest BCUT2D eigenvalue weighted by Crippen LogP contribution is -2.39. The summed E-state index contributed by atoms with van der Waals surface area (Å²) in [7, 11) is 0. The van der Waals surface area contributed by atoms with Crippen molar-refractivity contribution in [3.63, 3.8) is 0 Å². The normalized spacial score (nSPS) is 11.1. The average Bonchev–Trinajstić information content (AvgIpc) is 2.66. The summed E-state index contributed by atoms with van der Waals surface area (Å²) in [5.41, 5.74) is 9.98. The summed E-state index contributed by atoms with van der Waals surface area (Å²) in [6.07, 6.45) is 6.70. The van der Waals surface area contributed by atoms with E-state index in [0.717, 1.165) is 35.4 Å². The van der Waals surface area contributed by atoms with E-state index in [1.54, 1.807) is 0 Å². The van der Waals surface area contributed by atoms with Gasteiger partial charge in [0.1, 0.15) is 0 Å². The fraction of sp³-hybridized carbons (Fsp3) is 0.318. The minimum Gasteiger partial charge on any atom is -0.376 e. The molecular weight excluding hydrogens is 322 g/mol. The summed E-state index contributed by atoms with van der Waals surface area (Å²) in [6.45, 7) is 4.44. The lowest BCUT2D eigenvalue weighted by atomic mass is 10.1. The highest BCUT2D eigenvalue weighted by Gasteiger charge is 2.04. The van der Waals surface area contributed by atoms with Crippen molar-refractivity contribution in [2.75, 3.05) is 11.9 Å². The van der Waals surface area contributed by atoms with Gasteiger partial charge in [-0.2, -0.15) is 0 Å². The van der Waals surface area contributed by atoms with Gasteiger partial charge in [0.15, 0.2) is 0 Å². The third kappa shape index (κ3) is 7.01. The van der Waals surface area contributed by atoms with Crippen LogP contribution in [-0.2, 0) is 4.79 Å². The SMILES string of the molecule is CCCCCC=C(NNC(=O)CNc1cccc(C)c1)c1ccccc1. The quantitative estimate of drug-likeness (QED) is 0.431.